The second kappa shape index (κ2) is 8.18. The van der Waals surface area contributed by atoms with Crippen molar-refractivity contribution in [3.8, 4) is 6.07 Å². The first kappa shape index (κ1) is 16.9. The molecule has 0 aromatic heterocycles. The molecule has 0 aliphatic rings. The third kappa shape index (κ3) is 5.76. The highest BCUT2D eigenvalue weighted by atomic mass is 19.1. The smallest absolute Gasteiger partial charge is 0.328 e. The molecule has 0 aliphatic carbocycles. The van der Waals surface area contributed by atoms with Crippen LogP contribution in [0.4, 0.5) is 4.39 Å². The number of benzene rings is 1. The van der Waals surface area contributed by atoms with Gasteiger partial charge in [0.2, 0.25) is 0 Å². The van der Waals surface area contributed by atoms with Crippen LogP contribution < -0.4 is 0 Å². The van der Waals surface area contributed by atoms with Crippen molar-refractivity contribution in [2.45, 2.75) is 20.4 Å². The number of nitriles is 1. The van der Waals surface area contributed by atoms with Crippen molar-refractivity contribution in [1.29, 1.82) is 5.26 Å². The van der Waals surface area contributed by atoms with Gasteiger partial charge in [-0.25, -0.2) is 9.18 Å². The van der Waals surface area contributed by atoms with Crippen molar-refractivity contribution >= 4 is 12.0 Å². The summed E-state index contributed by atoms with van der Waals surface area (Å²) < 4.78 is 13.6. The Balaban J connectivity index is 2.86. The molecule has 0 amide bonds. The van der Waals surface area contributed by atoms with E-state index in [-0.39, 0.29) is 11.5 Å². The minimum atomic E-state index is -1.11. The molecular weight excluding hydrogens is 271 g/mol. The minimum absolute atomic E-state index is 0.0724. The first-order valence-electron chi connectivity index (χ1n) is 6.77. The Labute approximate surface area is 124 Å². The summed E-state index contributed by atoms with van der Waals surface area (Å²) in [7, 11) is 0. The standard InChI is InChI=1S/C16H19FN2O2/c1-3-19(10-12(2)9-18)11-13-4-6-15(17)14(8-13)5-7-16(20)21/h4-8,12H,3,10-11H2,1-2H3,(H,20,21). The minimum Gasteiger partial charge on any atom is -0.478 e. The van der Waals surface area contributed by atoms with Gasteiger partial charge in [0.1, 0.15) is 5.82 Å². The number of carboxylic acid groups (broad SMARTS) is 1. The van der Waals surface area contributed by atoms with E-state index in [0.29, 0.717) is 13.1 Å². The third-order valence-electron chi connectivity index (χ3n) is 3.07. The highest BCUT2D eigenvalue weighted by Gasteiger charge is 2.10. The largest absolute Gasteiger partial charge is 0.478 e. The van der Waals surface area contributed by atoms with Crippen molar-refractivity contribution in [2.75, 3.05) is 13.1 Å². The number of aliphatic carboxylic acids is 1. The summed E-state index contributed by atoms with van der Waals surface area (Å²) in [4.78, 5) is 12.6. The van der Waals surface area contributed by atoms with Gasteiger partial charge in [0.15, 0.2) is 0 Å². The van der Waals surface area contributed by atoms with Gasteiger partial charge in [0, 0.05) is 24.7 Å². The normalized spacial score (nSPS) is 12.5. The molecule has 0 saturated heterocycles. The second-order valence-corrected chi connectivity index (χ2v) is 4.89. The van der Waals surface area contributed by atoms with E-state index in [1.165, 1.54) is 12.1 Å². The zero-order valence-electron chi connectivity index (χ0n) is 12.2. The Morgan fingerprint density at radius 1 is 1.57 bits per heavy atom. The lowest BCUT2D eigenvalue weighted by Crippen LogP contribution is -2.27. The van der Waals surface area contributed by atoms with E-state index in [1.54, 1.807) is 12.1 Å². The molecule has 0 spiro atoms. The van der Waals surface area contributed by atoms with Crippen LogP contribution in [0.1, 0.15) is 25.0 Å². The van der Waals surface area contributed by atoms with Gasteiger partial charge in [0.25, 0.3) is 0 Å². The van der Waals surface area contributed by atoms with E-state index in [4.69, 9.17) is 10.4 Å². The predicted octanol–water partition coefficient (Wildman–Crippen LogP) is 2.91. The molecule has 0 bridgehead atoms. The van der Waals surface area contributed by atoms with Gasteiger partial charge < -0.3 is 5.11 Å². The predicted molar refractivity (Wildman–Crippen MR) is 78.8 cm³/mol. The van der Waals surface area contributed by atoms with Crippen LogP contribution in [0.2, 0.25) is 0 Å². The average Bonchev–Trinajstić information content (AvgIpc) is 2.46. The first-order valence-corrected chi connectivity index (χ1v) is 6.77. The van der Waals surface area contributed by atoms with Crippen LogP contribution in [0, 0.1) is 23.1 Å². The quantitative estimate of drug-likeness (QED) is 0.784. The molecule has 1 N–H and O–H groups in total. The summed E-state index contributed by atoms with van der Waals surface area (Å²) in [6.07, 6.45) is 2.16. The van der Waals surface area contributed by atoms with Crippen LogP contribution in [0.3, 0.4) is 0 Å². The monoisotopic (exact) mass is 290 g/mol. The number of hydrogen-bond donors (Lipinski definition) is 1. The maximum absolute atomic E-state index is 13.6. The molecule has 1 aromatic carbocycles. The molecule has 5 heteroatoms. The lowest BCUT2D eigenvalue weighted by Gasteiger charge is -2.21. The molecular formula is C16H19FN2O2. The molecule has 1 unspecified atom stereocenters. The van der Waals surface area contributed by atoms with Crippen molar-refractivity contribution in [3.63, 3.8) is 0 Å². The van der Waals surface area contributed by atoms with Gasteiger partial charge in [-0.3, -0.25) is 4.90 Å². The summed E-state index contributed by atoms with van der Waals surface area (Å²) in [6, 6.07) is 6.83. The van der Waals surface area contributed by atoms with Gasteiger partial charge in [-0.15, -0.1) is 0 Å². The maximum Gasteiger partial charge on any atom is 0.328 e. The van der Waals surface area contributed by atoms with Crippen molar-refractivity contribution in [3.05, 3.63) is 41.2 Å². The molecule has 1 aromatic rings. The van der Waals surface area contributed by atoms with E-state index in [2.05, 4.69) is 11.0 Å². The van der Waals surface area contributed by atoms with E-state index >= 15 is 0 Å². The summed E-state index contributed by atoms with van der Waals surface area (Å²) in [5.74, 6) is -1.64. The Morgan fingerprint density at radius 2 is 2.29 bits per heavy atom. The number of halogens is 1. The van der Waals surface area contributed by atoms with E-state index < -0.39 is 11.8 Å². The fourth-order valence-electron chi connectivity index (χ4n) is 1.97. The molecule has 0 radical (unpaired) electrons. The van der Waals surface area contributed by atoms with Gasteiger partial charge in [0.05, 0.1) is 12.0 Å². The number of nitrogens with zero attached hydrogens (tertiary/aromatic N) is 2. The van der Waals surface area contributed by atoms with E-state index in [9.17, 15) is 9.18 Å². The zero-order valence-corrected chi connectivity index (χ0v) is 12.2. The fraction of sp³-hybridized carbons (Fsp3) is 0.375. The lowest BCUT2D eigenvalue weighted by atomic mass is 10.1. The molecule has 4 nitrogen and oxygen atoms in total. The SMILES string of the molecule is CCN(Cc1ccc(F)c(C=CC(=O)O)c1)CC(C)C#N. The molecule has 0 heterocycles. The van der Waals surface area contributed by atoms with Gasteiger partial charge >= 0.3 is 5.97 Å². The summed E-state index contributed by atoms with van der Waals surface area (Å²) in [5.41, 5.74) is 1.13. The second-order valence-electron chi connectivity index (χ2n) is 4.89. The maximum atomic E-state index is 13.6. The van der Waals surface area contributed by atoms with Crippen LogP contribution in [0.5, 0.6) is 0 Å². The zero-order chi connectivity index (χ0) is 15.8. The average molecular weight is 290 g/mol. The van der Waals surface area contributed by atoms with Crippen LogP contribution in [-0.4, -0.2) is 29.1 Å². The van der Waals surface area contributed by atoms with Crippen LogP contribution >= 0.6 is 0 Å². The van der Waals surface area contributed by atoms with Crippen molar-refractivity contribution < 1.29 is 14.3 Å². The Kier molecular flexibility index (Phi) is 6.57. The van der Waals surface area contributed by atoms with Crippen molar-refractivity contribution in [1.82, 2.24) is 4.90 Å². The Morgan fingerprint density at radius 3 is 2.86 bits per heavy atom. The number of rotatable bonds is 7. The van der Waals surface area contributed by atoms with Gasteiger partial charge in [-0.1, -0.05) is 13.0 Å². The van der Waals surface area contributed by atoms with Gasteiger partial charge in [-0.2, -0.15) is 5.26 Å². The summed E-state index contributed by atoms with van der Waals surface area (Å²) in [6.45, 7) is 5.87. The number of carboxylic acids is 1. The lowest BCUT2D eigenvalue weighted by molar-refractivity contribution is -0.131. The highest BCUT2D eigenvalue weighted by molar-refractivity contribution is 5.85. The Hall–Kier alpha value is -2.19. The van der Waals surface area contributed by atoms with Crippen LogP contribution in [0.25, 0.3) is 6.08 Å². The highest BCUT2D eigenvalue weighted by Crippen LogP contribution is 2.15. The topological polar surface area (TPSA) is 64.3 Å². The van der Waals surface area contributed by atoms with E-state index in [1.807, 2.05) is 13.8 Å². The molecule has 0 aliphatic heterocycles. The fourth-order valence-corrected chi connectivity index (χ4v) is 1.97. The molecule has 1 atom stereocenters. The number of hydrogen-bond acceptors (Lipinski definition) is 3. The van der Waals surface area contributed by atoms with Crippen molar-refractivity contribution in [2.24, 2.45) is 5.92 Å². The molecule has 0 saturated carbocycles. The molecule has 0 fully saturated rings. The first-order chi connectivity index (χ1) is 9.96. The molecule has 21 heavy (non-hydrogen) atoms. The third-order valence-corrected chi connectivity index (χ3v) is 3.07. The van der Waals surface area contributed by atoms with Gasteiger partial charge in [-0.05, 0) is 37.2 Å². The van der Waals surface area contributed by atoms with Crippen LogP contribution in [0.15, 0.2) is 24.3 Å². The molecule has 1 rings (SSSR count). The Bertz CT molecular complexity index is 564. The van der Waals surface area contributed by atoms with E-state index in [0.717, 1.165) is 18.2 Å². The van der Waals surface area contributed by atoms with Crippen LogP contribution in [-0.2, 0) is 11.3 Å². The molecule has 112 valence electrons. The summed E-state index contributed by atoms with van der Waals surface area (Å²) >= 11 is 0. The number of carbonyl (C=O) groups is 1. The summed E-state index contributed by atoms with van der Waals surface area (Å²) in [5, 5.41) is 17.5.